The van der Waals surface area contributed by atoms with E-state index in [0.29, 0.717) is 5.56 Å². The van der Waals surface area contributed by atoms with Crippen LogP contribution in [0.4, 0.5) is 13.2 Å². The SMILES string of the molecule is Cc1ccc2c(c1)CCCC2=NOCc1ccc(C(F)(F)F)cc1. The molecule has 0 saturated carbocycles. The second kappa shape index (κ2) is 6.67. The molecule has 0 radical (unpaired) electrons. The van der Waals surface area contributed by atoms with E-state index in [1.165, 1.54) is 23.3 Å². The molecule has 0 spiro atoms. The molecule has 0 fully saturated rings. The maximum atomic E-state index is 12.5. The third kappa shape index (κ3) is 3.78. The van der Waals surface area contributed by atoms with Crippen molar-refractivity contribution in [1.82, 2.24) is 0 Å². The molecule has 3 rings (SSSR count). The molecule has 2 nitrogen and oxygen atoms in total. The highest BCUT2D eigenvalue weighted by atomic mass is 19.4. The lowest BCUT2D eigenvalue weighted by Crippen LogP contribution is -2.12. The van der Waals surface area contributed by atoms with Gasteiger partial charge >= 0.3 is 6.18 Å². The number of nitrogens with zero attached hydrogens (tertiary/aromatic N) is 1. The van der Waals surface area contributed by atoms with Crippen molar-refractivity contribution >= 4 is 5.71 Å². The predicted molar refractivity (Wildman–Crippen MR) is 86.9 cm³/mol. The molecule has 0 unspecified atom stereocenters. The number of hydrogen-bond acceptors (Lipinski definition) is 2. The van der Waals surface area contributed by atoms with Crippen LogP contribution in [0.15, 0.2) is 47.6 Å². The average Bonchev–Trinajstić information content (AvgIpc) is 2.54. The van der Waals surface area contributed by atoms with Gasteiger partial charge in [0.2, 0.25) is 0 Å². The van der Waals surface area contributed by atoms with Crippen molar-refractivity contribution in [1.29, 1.82) is 0 Å². The lowest BCUT2D eigenvalue weighted by molar-refractivity contribution is -0.137. The third-order valence-electron chi connectivity index (χ3n) is 4.12. The summed E-state index contributed by atoms with van der Waals surface area (Å²) in [5.74, 6) is 0. The van der Waals surface area contributed by atoms with Crippen LogP contribution in [0.2, 0.25) is 0 Å². The molecule has 0 aliphatic heterocycles. The van der Waals surface area contributed by atoms with Gasteiger partial charge in [-0.2, -0.15) is 13.2 Å². The number of alkyl halides is 3. The van der Waals surface area contributed by atoms with Crippen molar-refractivity contribution in [2.45, 2.75) is 39.0 Å². The molecule has 24 heavy (non-hydrogen) atoms. The van der Waals surface area contributed by atoms with Crippen molar-refractivity contribution in [3.05, 3.63) is 70.3 Å². The van der Waals surface area contributed by atoms with Crippen LogP contribution in [-0.4, -0.2) is 5.71 Å². The van der Waals surface area contributed by atoms with E-state index in [-0.39, 0.29) is 6.61 Å². The summed E-state index contributed by atoms with van der Waals surface area (Å²) in [6.45, 7) is 2.22. The molecule has 0 heterocycles. The quantitative estimate of drug-likeness (QED) is 0.701. The van der Waals surface area contributed by atoms with Crippen molar-refractivity contribution in [2.75, 3.05) is 0 Å². The second-order valence-electron chi connectivity index (χ2n) is 6.02. The number of fused-ring (bicyclic) bond motifs is 1. The van der Waals surface area contributed by atoms with Crippen molar-refractivity contribution in [3.63, 3.8) is 0 Å². The first-order valence-electron chi connectivity index (χ1n) is 7.88. The normalized spacial score (nSPS) is 16.1. The molecular formula is C19H18F3NO. The molecule has 0 saturated heterocycles. The minimum absolute atomic E-state index is 0.156. The van der Waals surface area contributed by atoms with Crippen molar-refractivity contribution < 1.29 is 18.0 Å². The van der Waals surface area contributed by atoms with Gasteiger partial charge in [0, 0.05) is 5.56 Å². The Bertz CT molecular complexity index is 748. The topological polar surface area (TPSA) is 21.6 Å². The van der Waals surface area contributed by atoms with Gasteiger partial charge in [-0.3, -0.25) is 0 Å². The highest BCUT2D eigenvalue weighted by Crippen LogP contribution is 2.29. The fourth-order valence-corrected chi connectivity index (χ4v) is 2.86. The Kier molecular flexibility index (Phi) is 4.60. The van der Waals surface area contributed by atoms with Gasteiger partial charge in [0.05, 0.1) is 11.3 Å². The molecular weight excluding hydrogens is 315 g/mol. The first kappa shape index (κ1) is 16.6. The third-order valence-corrected chi connectivity index (χ3v) is 4.12. The fraction of sp³-hybridized carbons (Fsp3) is 0.316. The summed E-state index contributed by atoms with van der Waals surface area (Å²) in [5.41, 5.74) is 4.52. The standard InChI is InChI=1S/C19H18F3NO/c1-13-5-10-17-15(11-13)3-2-4-18(17)23-24-12-14-6-8-16(9-7-14)19(20,21)22/h5-11H,2-4,12H2,1H3. The Balaban J connectivity index is 1.67. The number of halogens is 3. The van der Waals surface area contributed by atoms with E-state index < -0.39 is 11.7 Å². The molecule has 5 heteroatoms. The van der Waals surface area contributed by atoms with Crippen LogP contribution in [0.25, 0.3) is 0 Å². The molecule has 2 aromatic rings. The van der Waals surface area contributed by atoms with Gasteiger partial charge in [0.15, 0.2) is 0 Å². The van der Waals surface area contributed by atoms with Crippen LogP contribution in [0, 0.1) is 6.92 Å². The van der Waals surface area contributed by atoms with Crippen LogP contribution in [-0.2, 0) is 24.0 Å². The lowest BCUT2D eigenvalue weighted by Gasteiger charge is -2.18. The molecule has 2 aromatic carbocycles. The molecule has 126 valence electrons. The minimum atomic E-state index is -4.32. The monoisotopic (exact) mass is 333 g/mol. The lowest BCUT2D eigenvalue weighted by atomic mass is 9.89. The van der Waals surface area contributed by atoms with E-state index in [1.54, 1.807) is 0 Å². The molecule has 0 N–H and O–H groups in total. The summed E-state index contributed by atoms with van der Waals surface area (Å²) >= 11 is 0. The Morgan fingerprint density at radius 3 is 2.50 bits per heavy atom. The van der Waals surface area contributed by atoms with E-state index in [0.717, 1.165) is 42.7 Å². The maximum Gasteiger partial charge on any atom is 0.416 e. The second-order valence-corrected chi connectivity index (χ2v) is 6.02. The fourth-order valence-electron chi connectivity index (χ4n) is 2.86. The smallest absolute Gasteiger partial charge is 0.391 e. The summed E-state index contributed by atoms with van der Waals surface area (Å²) in [5, 5.41) is 4.22. The zero-order valence-electron chi connectivity index (χ0n) is 13.4. The molecule has 0 amide bonds. The number of hydrogen-bond donors (Lipinski definition) is 0. The summed E-state index contributed by atoms with van der Waals surface area (Å²) in [4.78, 5) is 5.38. The minimum Gasteiger partial charge on any atom is -0.391 e. The molecule has 1 aliphatic rings. The number of aryl methyl sites for hydroxylation is 2. The zero-order valence-corrected chi connectivity index (χ0v) is 13.4. The largest absolute Gasteiger partial charge is 0.416 e. The molecule has 1 aliphatic carbocycles. The first-order chi connectivity index (χ1) is 11.4. The maximum absolute atomic E-state index is 12.5. The van der Waals surface area contributed by atoms with Crippen LogP contribution >= 0.6 is 0 Å². The van der Waals surface area contributed by atoms with Crippen LogP contribution in [0.1, 0.15) is 40.7 Å². The number of benzene rings is 2. The van der Waals surface area contributed by atoms with Gasteiger partial charge < -0.3 is 4.84 Å². The number of rotatable bonds is 3. The van der Waals surface area contributed by atoms with Gasteiger partial charge in [-0.25, -0.2) is 0 Å². The van der Waals surface area contributed by atoms with E-state index in [9.17, 15) is 13.2 Å². The highest BCUT2D eigenvalue weighted by molar-refractivity contribution is 6.02. The Morgan fingerprint density at radius 1 is 1.04 bits per heavy atom. The van der Waals surface area contributed by atoms with Crippen LogP contribution in [0.5, 0.6) is 0 Å². The van der Waals surface area contributed by atoms with Crippen molar-refractivity contribution in [2.24, 2.45) is 5.16 Å². The zero-order chi connectivity index (χ0) is 17.2. The van der Waals surface area contributed by atoms with Gasteiger partial charge in [0.25, 0.3) is 0 Å². The molecule has 0 bridgehead atoms. The summed E-state index contributed by atoms with van der Waals surface area (Å²) in [7, 11) is 0. The Morgan fingerprint density at radius 2 is 1.79 bits per heavy atom. The first-order valence-corrected chi connectivity index (χ1v) is 7.88. The highest BCUT2D eigenvalue weighted by Gasteiger charge is 2.29. The Hall–Kier alpha value is -2.30. The van der Waals surface area contributed by atoms with Gasteiger partial charge in [-0.05, 0) is 49.4 Å². The Labute approximate surface area is 138 Å². The van der Waals surface area contributed by atoms with Crippen LogP contribution < -0.4 is 0 Å². The summed E-state index contributed by atoms with van der Waals surface area (Å²) < 4.78 is 37.6. The predicted octanol–water partition coefficient (Wildman–Crippen LogP) is 5.27. The van der Waals surface area contributed by atoms with E-state index in [2.05, 4.69) is 30.3 Å². The van der Waals surface area contributed by atoms with Gasteiger partial charge in [-0.1, -0.05) is 41.1 Å². The van der Waals surface area contributed by atoms with E-state index >= 15 is 0 Å². The van der Waals surface area contributed by atoms with E-state index in [4.69, 9.17) is 4.84 Å². The molecule has 0 aromatic heterocycles. The van der Waals surface area contributed by atoms with Gasteiger partial charge in [0.1, 0.15) is 6.61 Å². The summed E-state index contributed by atoms with van der Waals surface area (Å²) in [6, 6.07) is 11.2. The van der Waals surface area contributed by atoms with Crippen LogP contribution in [0.3, 0.4) is 0 Å². The molecule has 0 atom stereocenters. The van der Waals surface area contributed by atoms with Crippen molar-refractivity contribution in [3.8, 4) is 0 Å². The summed E-state index contributed by atoms with van der Waals surface area (Å²) in [6.07, 6.45) is -1.40. The van der Waals surface area contributed by atoms with Gasteiger partial charge in [-0.15, -0.1) is 0 Å². The average molecular weight is 333 g/mol. The number of oxime groups is 1. The van der Waals surface area contributed by atoms with E-state index in [1.807, 2.05) is 0 Å².